The third-order valence-corrected chi connectivity index (χ3v) is 4.59. The van der Waals surface area contributed by atoms with Crippen molar-refractivity contribution in [2.75, 3.05) is 0 Å². The summed E-state index contributed by atoms with van der Waals surface area (Å²) in [6.07, 6.45) is 0. The lowest BCUT2D eigenvalue weighted by atomic mass is 10.2. The summed E-state index contributed by atoms with van der Waals surface area (Å²) >= 11 is 0. The van der Waals surface area contributed by atoms with Crippen molar-refractivity contribution in [3.05, 3.63) is 29.8 Å². The fraction of sp³-hybridized carbons (Fsp3) is 0.143. The van der Waals surface area contributed by atoms with E-state index in [0.29, 0.717) is 0 Å². The van der Waals surface area contributed by atoms with Gasteiger partial charge < -0.3 is 0 Å². The molecule has 0 heterocycles. The van der Waals surface area contributed by atoms with Crippen molar-refractivity contribution in [2.24, 2.45) is 3.77 Å². The number of halogens is 2. The zero-order valence-electron chi connectivity index (χ0n) is 7.15. The Labute approximate surface area is 94.2 Å². The summed E-state index contributed by atoms with van der Waals surface area (Å²) in [6.45, 7) is 1.86. The smallest absolute Gasteiger partial charge is 0.199 e. The number of sulfonamides is 1. The van der Waals surface area contributed by atoms with E-state index in [1.165, 1.54) is 12.1 Å². The Balaban J connectivity index is 3.18. The van der Waals surface area contributed by atoms with Crippen LogP contribution in [0.25, 0.3) is 0 Å². The molecule has 1 aromatic rings. The third-order valence-electron chi connectivity index (χ3n) is 1.47. The standard InChI is InChI=1S/C7H7Cl2NO2S2/c1-6-2-4-7(5-3-6)14(11,12)10-13(8)9/h2-5H,1H3. The molecule has 0 spiro atoms. The molecule has 1 rings (SSSR count). The van der Waals surface area contributed by atoms with Crippen LogP contribution in [-0.2, 0) is 19.1 Å². The lowest BCUT2D eigenvalue weighted by molar-refractivity contribution is 0.598. The first-order chi connectivity index (χ1) is 6.42. The van der Waals surface area contributed by atoms with Crippen LogP contribution < -0.4 is 0 Å². The summed E-state index contributed by atoms with van der Waals surface area (Å²) in [4.78, 5) is 0.0990. The van der Waals surface area contributed by atoms with Crippen LogP contribution in [0, 0.1) is 6.92 Å². The van der Waals surface area contributed by atoms with Gasteiger partial charge in [0, 0.05) is 0 Å². The van der Waals surface area contributed by atoms with Crippen LogP contribution in [0.3, 0.4) is 0 Å². The monoisotopic (exact) mass is 271 g/mol. The van der Waals surface area contributed by atoms with Gasteiger partial charge in [0.15, 0.2) is 0 Å². The average molecular weight is 272 g/mol. The molecule has 14 heavy (non-hydrogen) atoms. The van der Waals surface area contributed by atoms with Gasteiger partial charge in [0.1, 0.15) is 9.12 Å². The van der Waals surface area contributed by atoms with E-state index in [2.05, 4.69) is 3.77 Å². The molecule has 3 nitrogen and oxygen atoms in total. The van der Waals surface area contributed by atoms with E-state index in [-0.39, 0.29) is 4.90 Å². The van der Waals surface area contributed by atoms with Crippen molar-refractivity contribution >= 4 is 40.5 Å². The predicted molar refractivity (Wildman–Crippen MR) is 59.9 cm³/mol. The predicted octanol–water partition coefficient (Wildman–Crippen LogP) is 2.79. The molecule has 0 aliphatic carbocycles. The molecule has 7 heteroatoms. The van der Waals surface area contributed by atoms with Gasteiger partial charge in [-0.25, -0.2) is 0 Å². The quantitative estimate of drug-likeness (QED) is 0.831. The maximum Gasteiger partial charge on any atom is 0.290 e. The fourth-order valence-corrected chi connectivity index (χ4v) is 3.58. The molecule has 0 saturated heterocycles. The molecule has 0 radical (unpaired) electrons. The van der Waals surface area contributed by atoms with E-state index in [1.807, 2.05) is 6.92 Å². The first kappa shape index (κ1) is 12.0. The van der Waals surface area contributed by atoms with Gasteiger partial charge >= 0.3 is 0 Å². The number of hydrogen-bond donors (Lipinski definition) is 0. The maximum atomic E-state index is 11.4. The highest BCUT2D eigenvalue weighted by Crippen LogP contribution is 2.16. The van der Waals surface area contributed by atoms with Gasteiger partial charge in [0.25, 0.3) is 10.0 Å². The van der Waals surface area contributed by atoms with Gasteiger partial charge in [0.2, 0.25) is 0 Å². The van der Waals surface area contributed by atoms with E-state index < -0.39 is 19.1 Å². The molecule has 0 bridgehead atoms. The molecule has 0 aromatic heterocycles. The minimum absolute atomic E-state index is 0.0990. The molecule has 0 aliphatic heterocycles. The molecule has 0 atom stereocenters. The van der Waals surface area contributed by atoms with Gasteiger partial charge in [-0.15, -0.1) is 3.77 Å². The largest absolute Gasteiger partial charge is 0.290 e. The molecule has 0 saturated carbocycles. The van der Waals surface area contributed by atoms with Crippen molar-refractivity contribution in [1.82, 2.24) is 0 Å². The summed E-state index contributed by atoms with van der Waals surface area (Å²) in [7, 11) is 5.37. The Kier molecular flexibility index (Phi) is 3.94. The SMILES string of the molecule is Cc1ccc(S(=O)(=O)N=S(Cl)Cl)cc1. The summed E-state index contributed by atoms with van der Waals surface area (Å²) in [6, 6.07) is 6.30. The van der Waals surface area contributed by atoms with Crippen LogP contribution in [0.2, 0.25) is 0 Å². The summed E-state index contributed by atoms with van der Waals surface area (Å²) in [5, 5.41) is 0. The van der Waals surface area contributed by atoms with E-state index in [1.54, 1.807) is 12.1 Å². The highest BCUT2D eigenvalue weighted by atomic mass is 36.0. The molecule has 78 valence electrons. The molecule has 0 aliphatic rings. The van der Waals surface area contributed by atoms with Crippen molar-refractivity contribution in [3.63, 3.8) is 0 Å². The normalized spacial score (nSPS) is 11.7. The van der Waals surface area contributed by atoms with Crippen molar-refractivity contribution in [1.29, 1.82) is 0 Å². The van der Waals surface area contributed by atoms with Crippen LogP contribution in [0.4, 0.5) is 0 Å². The van der Waals surface area contributed by atoms with Crippen LogP contribution >= 0.6 is 21.4 Å². The number of aryl methyl sites for hydroxylation is 1. The molecular formula is C7H7Cl2NO2S2. The van der Waals surface area contributed by atoms with E-state index in [4.69, 9.17) is 21.4 Å². The summed E-state index contributed by atoms with van der Waals surface area (Å²) in [5.41, 5.74) is 0.972. The Morgan fingerprint density at radius 1 is 1.21 bits per heavy atom. The molecule has 0 N–H and O–H groups in total. The van der Waals surface area contributed by atoms with Crippen LogP contribution in [-0.4, -0.2) is 8.42 Å². The minimum Gasteiger partial charge on any atom is -0.199 e. The lowest BCUT2D eigenvalue weighted by Crippen LogP contribution is -1.96. The molecule has 0 amide bonds. The molecule has 0 fully saturated rings. The average Bonchev–Trinajstić information content (AvgIpc) is 2.02. The second kappa shape index (κ2) is 4.61. The number of nitrogens with zero attached hydrogens (tertiary/aromatic N) is 1. The Hall–Kier alpha value is -0.100. The summed E-state index contributed by atoms with van der Waals surface area (Å²) in [5.74, 6) is 0. The minimum atomic E-state index is -3.70. The van der Waals surface area contributed by atoms with Crippen molar-refractivity contribution in [3.8, 4) is 0 Å². The molecule has 0 unspecified atom stereocenters. The topological polar surface area (TPSA) is 46.5 Å². The Bertz CT molecular complexity index is 449. The van der Waals surface area contributed by atoms with E-state index in [9.17, 15) is 8.42 Å². The highest BCUT2D eigenvalue weighted by molar-refractivity contribution is 8.30. The van der Waals surface area contributed by atoms with Crippen LogP contribution in [0.15, 0.2) is 32.9 Å². The maximum absolute atomic E-state index is 11.4. The fourth-order valence-electron chi connectivity index (χ4n) is 0.827. The van der Waals surface area contributed by atoms with E-state index in [0.717, 1.165) is 5.56 Å². The number of hydrogen-bond acceptors (Lipinski definition) is 2. The van der Waals surface area contributed by atoms with Crippen molar-refractivity contribution < 1.29 is 8.42 Å². The van der Waals surface area contributed by atoms with Gasteiger partial charge in [-0.3, -0.25) is 0 Å². The molecule has 1 aromatic carbocycles. The van der Waals surface area contributed by atoms with E-state index >= 15 is 0 Å². The zero-order valence-corrected chi connectivity index (χ0v) is 10.3. The second-order valence-electron chi connectivity index (χ2n) is 2.56. The first-order valence-electron chi connectivity index (χ1n) is 3.53. The Morgan fingerprint density at radius 3 is 2.14 bits per heavy atom. The van der Waals surface area contributed by atoms with Gasteiger partial charge in [-0.2, -0.15) is 8.42 Å². The van der Waals surface area contributed by atoms with Crippen molar-refractivity contribution in [2.45, 2.75) is 11.8 Å². The highest BCUT2D eigenvalue weighted by Gasteiger charge is 2.12. The lowest BCUT2D eigenvalue weighted by Gasteiger charge is -1.98. The zero-order chi connectivity index (χ0) is 10.8. The van der Waals surface area contributed by atoms with Crippen LogP contribution in [0.5, 0.6) is 0 Å². The van der Waals surface area contributed by atoms with Crippen LogP contribution in [0.1, 0.15) is 5.56 Å². The number of benzene rings is 1. The summed E-state index contributed by atoms with van der Waals surface area (Å²) < 4.78 is 26.1. The number of rotatable bonds is 2. The third kappa shape index (κ3) is 3.24. The second-order valence-corrected chi connectivity index (χ2v) is 7.20. The van der Waals surface area contributed by atoms with Gasteiger partial charge in [0.05, 0.1) is 4.90 Å². The first-order valence-corrected chi connectivity index (χ1v) is 7.81. The molecular weight excluding hydrogens is 265 g/mol. The van der Waals surface area contributed by atoms with Gasteiger partial charge in [-0.05, 0) is 40.4 Å². The Morgan fingerprint density at radius 2 is 1.71 bits per heavy atom. The van der Waals surface area contributed by atoms with Gasteiger partial charge in [-0.1, -0.05) is 17.7 Å².